The van der Waals surface area contributed by atoms with Crippen molar-refractivity contribution in [1.29, 1.82) is 0 Å². The van der Waals surface area contributed by atoms with E-state index in [1.54, 1.807) is 29.2 Å². The molecule has 0 amide bonds. The van der Waals surface area contributed by atoms with Gasteiger partial charge in [0.25, 0.3) is 0 Å². The van der Waals surface area contributed by atoms with Crippen LogP contribution in [0.15, 0.2) is 24.3 Å². The van der Waals surface area contributed by atoms with E-state index in [9.17, 15) is 4.79 Å². The van der Waals surface area contributed by atoms with E-state index in [1.165, 1.54) is 12.8 Å². The molecule has 2 saturated heterocycles. The van der Waals surface area contributed by atoms with E-state index in [4.69, 9.17) is 16.3 Å². The minimum Gasteiger partial charge on any atom is -1.00 e. The number of hydrogen-bond acceptors (Lipinski definition) is 2. The second-order valence-corrected chi connectivity index (χ2v) is 6.16. The van der Waals surface area contributed by atoms with Crippen LogP contribution in [0.1, 0.15) is 36.0 Å². The topological polar surface area (TPSA) is 30.7 Å². The first-order valence-electron chi connectivity index (χ1n) is 6.93. The van der Waals surface area contributed by atoms with Crippen LogP contribution in [0.2, 0.25) is 5.02 Å². The van der Waals surface area contributed by atoms with Crippen molar-refractivity contribution in [3.63, 3.8) is 0 Å². The van der Waals surface area contributed by atoms with Crippen molar-refractivity contribution in [3.05, 3.63) is 34.9 Å². The number of nitrogens with one attached hydrogen (secondary N) is 1. The smallest absolute Gasteiger partial charge is 0.338 e. The molecule has 0 spiro atoms. The SMILES string of the molecule is C[NH+]1C2CCC1CC(OC(=O)c1ccc(Cl)cc1)C2.[Cl-]. The van der Waals surface area contributed by atoms with Crippen molar-refractivity contribution in [3.8, 4) is 0 Å². The van der Waals surface area contributed by atoms with Gasteiger partial charge >= 0.3 is 5.97 Å². The third-order valence-electron chi connectivity index (χ3n) is 4.60. The number of hydrogen-bond donors (Lipinski definition) is 1. The number of carbonyl (C=O) groups is 1. The van der Waals surface area contributed by atoms with Gasteiger partial charge in [0.1, 0.15) is 6.10 Å². The Balaban J connectivity index is 0.00000147. The number of rotatable bonds is 2. The predicted molar refractivity (Wildman–Crippen MR) is 73.6 cm³/mol. The third-order valence-corrected chi connectivity index (χ3v) is 4.85. The van der Waals surface area contributed by atoms with Crippen molar-refractivity contribution >= 4 is 17.6 Å². The van der Waals surface area contributed by atoms with E-state index in [1.807, 2.05) is 0 Å². The minimum absolute atomic E-state index is 0. The molecular weight excluding hydrogens is 297 g/mol. The number of halogens is 2. The summed E-state index contributed by atoms with van der Waals surface area (Å²) in [6.07, 6.45) is 4.63. The Bertz CT molecular complexity index is 463. The summed E-state index contributed by atoms with van der Waals surface area (Å²) < 4.78 is 5.65. The number of quaternary nitrogens is 1. The Kier molecular flexibility index (Phi) is 4.95. The molecule has 2 aliphatic rings. The first-order valence-corrected chi connectivity index (χ1v) is 7.31. The average molecular weight is 316 g/mol. The summed E-state index contributed by atoms with van der Waals surface area (Å²) in [6.45, 7) is 0. The number of fused-ring (bicyclic) bond motifs is 2. The number of carbonyl (C=O) groups excluding carboxylic acids is 1. The highest BCUT2D eigenvalue weighted by atomic mass is 35.5. The quantitative estimate of drug-likeness (QED) is 0.689. The molecule has 2 fully saturated rings. The molecular formula is C15H19Cl2NO2. The van der Waals surface area contributed by atoms with Crippen molar-refractivity contribution in [1.82, 2.24) is 0 Å². The molecule has 2 heterocycles. The molecule has 1 N–H and O–H groups in total. The molecule has 0 aromatic heterocycles. The zero-order chi connectivity index (χ0) is 13.4. The highest BCUT2D eigenvalue weighted by Crippen LogP contribution is 2.25. The van der Waals surface area contributed by atoms with E-state index < -0.39 is 0 Å². The normalized spacial score (nSPS) is 31.5. The molecule has 3 rings (SSSR count). The fourth-order valence-corrected chi connectivity index (χ4v) is 3.56. The fourth-order valence-electron chi connectivity index (χ4n) is 3.43. The molecule has 2 unspecified atom stereocenters. The van der Waals surface area contributed by atoms with E-state index >= 15 is 0 Å². The van der Waals surface area contributed by atoms with Crippen LogP contribution in [0.25, 0.3) is 0 Å². The molecule has 20 heavy (non-hydrogen) atoms. The molecule has 0 aliphatic carbocycles. The first kappa shape index (κ1) is 15.6. The first-order chi connectivity index (χ1) is 9.13. The van der Waals surface area contributed by atoms with E-state index in [0.29, 0.717) is 22.7 Å². The second-order valence-electron chi connectivity index (χ2n) is 5.72. The van der Waals surface area contributed by atoms with Crippen LogP contribution in [-0.4, -0.2) is 31.2 Å². The maximum Gasteiger partial charge on any atom is 0.338 e. The maximum atomic E-state index is 12.1. The van der Waals surface area contributed by atoms with Crippen molar-refractivity contribution in [2.75, 3.05) is 7.05 Å². The van der Waals surface area contributed by atoms with E-state index in [-0.39, 0.29) is 24.5 Å². The van der Waals surface area contributed by atoms with Crippen LogP contribution in [0.3, 0.4) is 0 Å². The zero-order valence-electron chi connectivity index (χ0n) is 11.4. The monoisotopic (exact) mass is 315 g/mol. The second kappa shape index (κ2) is 6.33. The minimum atomic E-state index is -0.222. The van der Waals surface area contributed by atoms with Gasteiger partial charge in [0.05, 0.1) is 24.7 Å². The van der Waals surface area contributed by atoms with Gasteiger partial charge in [0, 0.05) is 30.7 Å². The zero-order valence-corrected chi connectivity index (χ0v) is 13.0. The van der Waals surface area contributed by atoms with Gasteiger partial charge in [-0.3, -0.25) is 0 Å². The summed E-state index contributed by atoms with van der Waals surface area (Å²) in [7, 11) is 2.26. The Morgan fingerprint density at radius 3 is 2.30 bits per heavy atom. The summed E-state index contributed by atoms with van der Waals surface area (Å²) in [4.78, 5) is 13.7. The molecule has 5 heteroatoms. The van der Waals surface area contributed by atoms with Gasteiger partial charge in [-0.1, -0.05) is 11.6 Å². The van der Waals surface area contributed by atoms with Crippen LogP contribution >= 0.6 is 11.6 Å². The van der Waals surface area contributed by atoms with Crippen LogP contribution < -0.4 is 17.3 Å². The predicted octanol–water partition coefficient (Wildman–Crippen LogP) is -1.29. The Hall–Kier alpha value is -0.770. The Morgan fingerprint density at radius 2 is 1.75 bits per heavy atom. The molecule has 3 nitrogen and oxygen atoms in total. The Morgan fingerprint density at radius 1 is 1.20 bits per heavy atom. The van der Waals surface area contributed by atoms with Gasteiger partial charge in [-0.2, -0.15) is 0 Å². The summed E-state index contributed by atoms with van der Waals surface area (Å²) in [6, 6.07) is 8.23. The average Bonchev–Trinajstić information content (AvgIpc) is 2.63. The standard InChI is InChI=1S/C15H18ClNO2.ClH/c1-17-12-6-7-13(17)9-14(8-12)19-15(18)10-2-4-11(16)5-3-10;/h2-5,12-14H,6-9H2,1H3;1H. The van der Waals surface area contributed by atoms with Gasteiger partial charge in [-0.15, -0.1) is 0 Å². The molecule has 110 valence electrons. The van der Waals surface area contributed by atoms with Gasteiger partial charge in [-0.25, -0.2) is 4.79 Å². The largest absolute Gasteiger partial charge is 1.00 e. The summed E-state index contributed by atoms with van der Waals surface area (Å²) in [5, 5.41) is 0.637. The number of ether oxygens (including phenoxy) is 1. The van der Waals surface area contributed by atoms with Crippen LogP contribution in [-0.2, 0) is 4.74 Å². The summed E-state index contributed by atoms with van der Waals surface area (Å²) in [5.41, 5.74) is 0.586. The lowest BCUT2D eigenvalue weighted by Crippen LogP contribution is -3.15. The van der Waals surface area contributed by atoms with Crippen molar-refractivity contribution in [2.45, 2.75) is 43.9 Å². The summed E-state index contributed by atoms with van der Waals surface area (Å²) in [5.74, 6) is -0.222. The van der Waals surface area contributed by atoms with E-state index in [2.05, 4.69) is 7.05 Å². The lowest BCUT2D eigenvalue weighted by atomic mass is 10.0. The summed E-state index contributed by atoms with van der Waals surface area (Å²) >= 11 is 5.82. The van der Waals surface area contributed by atoms with Crippen LogP contribution in [0, 0.1) is 0 Å². The molecule has 1 aromatic rings. The molecule has 2 bridgehead atoms. The van der Waals surface area contributed by atoms with Crippen molar-refractivity contribution in [2.24, 2.45) is 0 Å². The lowest BCUT2D eigenvalue weighted by molar-refractivity contribution is -0.923. The molecule has 0 radical (unpaired) electrons. The number of esters is 1. The maximum absolute atomic E-state index is 12.1. The van der Waals surface area contributed by atoms with E-state index in [0.717, 1.165) is 12.8 Å². The molecule has 0 saturated carbocycles. The van der Waals surface area contributed by atoms with Gasteiger partial charge in [0.15, 0.2) is 0 Å². The van der Waals surface area contributed by atoms with Gasteiger partial charge < -0.3 is 22.0 Å². The highest BCUT2D eigenvalue weighted by Gasteiger charge is 2.43. The molecule has 2 atom stereocenters. The Labute approximate surface area is 130 Å². The van der Waals surface area contributed by atoms with Crippen LogP contribution in [0.4, 0.5) is 0 Å². The fraction of sp³-hybridized carbons (Fsp3) is 0.533. The highest BCUT2D eigenvalue weighted by molar-refractivity contribution is 6.30. The van der Waals surface area contributed by atoms with Gasteiger partial charge in [0.2, 0.25) is 0 Å². The van der Waals surface area contributed by atoms with Gasteiger partial charge in [-0.05, 0) is 24.3 Å². The molecule has 2 aliphatic heterocycles. The van der Waals surface area contributed by atoms with Crippen molar-refractivity contribution < 1.29 is 26.8 Å². The lowest BCUT2D eigenvalue weighted by Gasteiger charge is -2.33. The molecule has 1 aromatic carbocycles. The number of piperidine rings is 1. The van der Waals surface area contributed by atoms with Crippen LogP contribution in [0.5, 0.6) is 0 Å². The third kappa shape index (κ3) is 3.11. The number of benzene rings is 1.